The van der Waals surface area contributed by atoms with E-state index in [2.05, 4.69) is 19.4 Å². The first-order chi connectivity index (χ1) is 7.85. The van der Waals surface area contributed by atoms with Crippen LogP contribution >= 0.6 is 11.6 Å². The smallest absolute Gasteiger partial charge is 0.422 e. The molecule has 9 heteroatoms. The normalized spacial score (nSPS) is 11.1. The van der Waals surface area contributed by atoms with Gasteiger partial charge in [0.15, 0.2) is 17.3 Å². The minimum Gasteiger partial charge on any atom is -0.467 e. The molecule has 0 saturated heterocycles. The number of methoxy groups -OCH3 is 1. The van der Waals surface area contributed by atoms with Crippen LogP contribution < -0.4 is 4.74 Å². The summed E-state index contributed by atoms with van der Waals surface area (Å²) >= 11 is 5.54. The van der Waals surface area contributed by atoms with Gasteiger partial charge in [0.2, 0.25) is 5.88 Å². The number of ether oxygens (including phenoxy) is 2. The molecule has 0 radical (unpaired) electrons. The van der Waals surface area contributed by atoms with Crippen LogP contribution in [0.15, 0.2) is 6.33 Å². The summed E-state index contributed by atoms with van der Waals surface area (Å²) in [6, 6.07) is 0. The standard InChI is InChI=1S/C8H6ClF3N2O3/c1-16-7(15)4-5(9)13-3-14-6(4)17-2-8(10,11)12/h3H,2H2,1H3. The Morgan fingerprint density at radius 1 is 1.47 bits per heavy atom. The van der Waals surface area contributed by atoms with Crippen LogP contribution in [-0.4, -0.2) is 35.8 Å². The van der Waals surface area contributed by atoms with Gasteiger partial charge in [-0.3, -0.25) is 0 Å². The molecule has 0 N–H and O–H groups in total. The van der Waals surface area contributed by atoms with Crippen molar-refractivity contribution in [3.63, 3.8) is 0 Å². The van der Waals surface area contributed by atoms with Crippen LogP contribution in [0.3, 0.4) is 0 Å². The van der Waals surface area contributed by atoms with Crippen LogP contribution in [0.1, 0.15) is 10.4 Å². The molecule has 1 aromatic heterocycles. The van der Waals surface area contributed by atoms with Crippen molar-refractivity contribution in [1.82, 2.24) is 9.97 Å². The van der Waals surface area contributed by atoms with E-state index in [9.17, 15) is 18.0 Å². The van der Waals surface area contributed by atoms with E-state index in [0.29, 0.717) is 0 Å². The Bertz CT molecular complexity index is 425. The summed E-state index contributed by atoms with van der Waals surface area (Å²) in [6.45, 7) is -1.59. The van der Waals surface area contributed by atoms with Gasteiger partial charge in [0.25, 0.3) is 0 Å². The molecule has 0 fully saturated rings. The Labute approximate surface area is 98.5 Å². The van der Waals surface area contributed by atoms with Crippen LogP contribution in [0.25, 0.3) is 0 Å². The van der Waals surface area contributed by atoms with Gasteiger partial charge < -0.3 is 9.47 Å². The van der Waals surface area contributed by atoms with Gasteiger partial charge in [-0.25, -0.2) is 14.8 Å². The lowest BCUT2D eigenvalue weighted by atomic mass is 10.3. The molecule has 0 aliphatic carbocycles. The fraction of sp³-hybridized carbons (Fsp3) is 0.375. The number of esters is 1. The zero-order valence-electron chi connectivity index (χ0n) is 8.42. The Balaban J connectivity index is 2.99. The number of halogens is 4. The summed E-state index contributed by atoms with van der Waals surface area (Å²) in [4.78, 5) is 18.1. The molecule has 0 atom stereocenters. The summed E-state index contributed by atoms with van der Waals surface area (Å²) in [5, 5.41) is -0.343. The van der Waals surface area contributed by atoms with E-state index in [0.717, 1.165) is 13.4 Å². The Hall–Kier alpha value is -1.57. The molecule has 1 aromatic rings. The summed E-state index contributed by atoms with van der Waals surface area (Å²) in [5.41, 5.74) is -0.444. The summed E-state index contributed by atoms with van der Waals surface area (Å²) in [6.07, 6.45) is -3.68. The topological polar surface area (TPSA) is 61.3 Å². The van der Waals surface area contributed by atoms with E-state index in [1.807, 2.05) is 0 Å². The van der Waals surface area contributed by atoms with E-state index in [-0.39, 0.29) is 5.15 Å². The SMILES string of the molecule is COC(=O)c1c(Cl)ncnc1OCC(F)(F)F. The van der Waals surface area contributed by atoms with Crippen molar-refractivity contribution in [2.24, 2.45) is 0 Å². The molecular weight excluding hydrogens is 265 g/mol. The lowest BCUT2D eigenvalue weighted by molar-refractivity contribution is -0.154. The first-order valence-corrected chi connectivity index (χ1v) is 4.51. The number of alkyl halides is 3. The molecule has 0 aromatic carbocycles. The highest BCUT2D eigenvalue weighted by molar-refractivity contribution is 6.32. The van der Waals surface area contributed by atoms with E-state index >= 15 is 0 Å². The van der Waals surface area contributed by atoms with E-state index in [1.165, 1.54) is 0 Å². The fourth-order valence-corrected chi connectivity index (χ4v) is 1.08. The van der Waals surface area contributed by atoms with Crippen molar-refractivity contribution in [2.45, 2.75) is 6.18 Å². The van der Waals surface area contributed by atoms with Crippen LogP contribution in [0.5, 0.6) is 5.88 Å². The highest BCUT2D eigenvalue weighted by Gasteiger charge is 2.30. The van der Waals surface area contributed by atoms with Crippen molar-refractivity contribution in [3.8, 4) is 5.88 Å². The number of rotatable bonds is 3. The predicted molar refractivity (Wildman–Crippen MR) is 49.9 cm³/mol. The molecule has 0 bridgehead atoms. The fourth-order valence-electron chi connectivity index (χ4n) is 0.883. The van der Waals surface area contributed by atoms with Crippen molar-refractivity contribution in [2.75, 3.05) is 13.7 Å². The summed E-state index contributed by atoms with van der Waals surface area (Å²) < 4.78 is 44.5. The minimum absolute atomic E-state index is 0.343. The van der Waals surface area contributed by atoms with Crippen LogP contribution in [0.4, 0.5) is 13.2 Å². The molecule has 0 aliphatic rings. The number of carbonyl (C=O) groups excluding carboxylic acids is 1. The maximum atomic E-state index is 11.9. The van der Waals surface area contributed by atoms with Crippen molar-refractivity contribution in [3.05, 3.63) is 17.0 Å². The zero-order chi connectivity index (χ0) is 13.1. The molecule has 94 valence electrons. The van der Waals surface area contributed by atoms with Gasteiger partial charge in [0.05, 0.1) is 7.11 Å². The van der Waals surface area contributed by atoms with Gasteiger partial charge in [-0.15, -0.1) is 0 Å². The van der Waals surface area contributed by atoms with Gasteiger partial charge in [0, 0.05) is 0 Å². The molecule has 0 saturated carbocycles. The first kappa shape index (κ1) is 13.5. The summed E-state index contributed by atoms with van der Waals surface area (Å²) in [5.74, 6) is -1.55. The average Bonchev–Trinajstić information content (AvgIpc) is 2.24. The van der Waals surface area contributed by atoms with Gasteiger partial charge in [-0.05, 0) is 0 Å². The number of hydrogen-bond acceptors (Lipinski definition) is 5. The minimum atomic E-state index is -4.55. The second-order valence-electron chi connectivity index (χ2n) is 2.74. The molecule has 0 aliphatic heterocycles. The van der Waals surface area contributed by atoms with Gasteiger partial charge >= 0.3 is 12.1 Å². The van der Waals surface area contributed by atoms with Crippen LogP contribution in [0.2, 0.25) is 5.15 Å². The molecule has 0 unspecified atom stereocenters. The maximum Gasteiger partial charge on any atom is 0.422 e. The van der Waals surface area contributed by atoms with Crippen LogP contribution in [-0.2, 0) is 4.74 Å². The third-order valence-electron chi connectivity index (χ3n) is 1.53. The van der Waals surface area contributed by atoms with Gasteiger partial charge in [0.1, 0.15) is 6.33 Å². The second-order valence-corrected chi connectivity index (χ2v) is 3.10. The molecule has 0 amide bonds. The Morgan fingerprint density at radius 3 is 2.65 bits per heavy atom. The van der Waals surface area contributed by atoms with Crippen molar-refractivity contribution in [1.29, 1.82) is 0 Å². The van der Waals surface area contributed by atoms with Gasteiger partial charge in [-0.2, -0.15) is 13.2 Å². The molecule has 17 heavy (non-hydrogen) atoms. The Morgan fingerprint density at radius 2 is 2.12 bits per heavy atom. The van der Waals surface area contributed by atoms with Crippen molar-refractivity contribution >= 4 is 17.6 Å². The van der Waals surface area contributed by atoms with Crippen LogP contribution in [0, 0.1) is 0 Å². The molecule has 1 heterocycles. The zero-order valence-corrected chi connectivity index (χ0v) is 9.17. The third-order valence-corrected chi connectivity index (χ3v) is 1.81. The number of hydrogen-bond donors (Lipinski definition) is 0. The number of carbonyl (C=O) groups is 1. The quantitative estimate of drug-likeness (QED) is 0.620. The average molecular weight is 271 g/mol. The second kappa shape index (κ2) is 5.17. The molecule has 5 nitrogen and oxygen atoms in total. The lowest BCUT2D eigenvalue weighted by Crippen LogP contribution is -2.21. The predicted octanol–water partition coefficient (Wildman–Crippen LogP) is 1.86. The Kier molecular flexibility index (Phi) is 4.11. The van der Waals surface area contributed by atoms with Gasteiger partial charge in [-0.1, -0.05) is 11.6 Å². The van der Waals surface area contributed by atoms with E-state index < -0.39 is 30.2 Å². The lowest BCUT2D eigenvalue weighted by Gasteiger charge is -2.11. The third kappa shape index (κ3) is 3.74. The molecular formula is C8H6ClF3N2O3. The van der Waals surface area contributed by atoms with Crippen molar-refractivity contribution < 1.29 is 27.4 Å². The maximum absolute atomic E-state index is 11.9. The van der Waals surface area contributed by atoms with E-state index in [1.54, 1.807) is 0 Å². The largest absolute Gasteiger partial charge is 0.467 e. The number of aromatic nitrogens is 2. The molecule has 1 rings (SSSR count). The first-order valence-electron chi connectivity index (χ1n) is 4.13. The summed E-state index contributed by atoms with van der Waals surface area (Å²) in [7, 11) is 1.04. The highest BCUT2D eigenvalue weighted by Crippen LogP contribution is 2.24. The van der Waals surface area contributed by atoms with E-state index in [4.69, 9.17) is 11.6 Å². The highest BCUT2D eigenvalue weighted by atomic mass is 35.5. The monoisotopic (exact) mass is 270 g/mol. The number of nitrogens with zero attached hydrogens (tertiary/aromatic N) is 2. The molecule has 0 spiro atoms.